The molecular formula is C20H24BrNO4. The number of carbonyl (C=O) groups is 2. The number of allylic oxidation sites excluding steroid dienone is 1. The van der Waals surface area contributed by atoms with Gasteiger partial charge in [-0.05, 0) is 46.2 Å². The summed E-state index contributed by atoms with van der Waals surface area (Å²) in [6.07, 6.45) is 0. The Bertz CT molecular complexity index is 789. The van der Waals surface area contributed by atoms with E-state index >= 15 is 0 Å². The lowest BCUT2D eigenvalue weighted by molar-refractivity contribution is -0.150. The normalized spacial score (nSPS) is 20.5. The molecule has 140 valence electrons. The number of methoxy groups -OCH3 is 1. The molecule has 1 aromatic rings. The molecule has 26 heavy (non-hydrogen) atoms. The number of benzene rings is 1. The topological polar surface area (TPSA) is 65.0 Å². The van der Waals surface area contributed by atoms with Gasteiger partial charge in [-0.25, -0.2) is 4.79 Å². The van der Waals surface area contributed by atoms with E-state index in [4.69, 9.17) is 9.47 Å². The molecule has 0 radical (unpaired) electrons. The average Bonchev–Trinajstić information content (AvgIpc) is 2.52. The van der Waals surface area contributed by atoms with Crippen molar-refractivity contribution < 1.29 is 19.1 Å². The predicted octanol–water partition coefficient (Wildman–Crippen LogP) is 4.41. The summed E-state index contributed by atoms with van der Waals surface area (Å²) in [4.78, 5) is 30.0. The highest BCUT2D eigenvalue weighted by atomic mass is 79.9. The van der Waals surface area contributed by atoms with Gasteiger partial charge in [-0.1, -0.05) is 34.1 Å². The van der Waals surface area contributed by atoms with Crippen molar-refractivity contribution in [1.82, 2.24) is 0 Å². The lowest BCUT2D eigenvalue weighted by Gasteiger charge is -2.33. The van der Waals surface area contributed by atoms with Crippen LogP contribution in [0.4, 0.5) is 0 Å². The van der Waals surface area contributed by atoms with Crippen LogP contribution in [0.5, 0.6) is 0 Å². The maximum absolute atomic E-state index is 13.0. The minimum absolute atomic E-state index is 0.382. The summed E-state index contributed by atoms with van der Waals surface area (Å²) in [5.41, 5.74) is 1.71. The number of aliphatic imine (C=N–C) groups is 1. The number of nitrogens with zero attached hydrogens (tertiary/aromatic N) is 1. The highest BCUT2D eigenvalue weighted by molar-refractivity contribution is 9.10. The van der Waals surface area contributed by atoms with Gasteiger partial charge < -0.3 is 9.47 Å². The second-order valence-corrected chi connectivity index (χ2v) is 8.11. The van der Waals surface area contributed by atoms with Gasteiger partial charge in [-0.3, -0.25) is 9.79 Å². The predicted molar refractivity (Wildman–Crippen MR) is 104 cm³/mol. The van der Waals surface area contributed by atoms with Crippen LogP contribution in [0.3, 0.4) is 0 Å². The van der Waals surface area contributed by atoms with Crippen LogP contribution < -0.4 is 0 Å². The van der Waals surface area contributed by atoms with E-state index in [9.17, 15) is 9.59 Å². The number of ether oxygens (including phenoxy) is 2. The minimum atomic E-state index is -0.690. The van der Waals surface area contributed by atoms with Crippen LogP contribution in [0.2, 0.25) is 0 Å². The van der Waals surface area contributed by atoms with E-state index in [0.29, 0.717) is 17.0 Å². The third kappa shape index (κ3) is 4.23. The Morgan fingerprint density at radius 1 is 1.15 bits per heavy atom. The number of esters is 2. The molecule has 0 spiro atoms. The zero-order valence-electron chi connectivity index (χ0n) is 15.9. The highest BCUT2D eigenvalue weighted by Crippen LogP contribution is 2.42. The molecule has 5 nitrogen and oxygen atoms in total. The van der Waals surface area contributed by atoms with Crippen LogP contribution in [0.25, 0.3) is 0 Å². The second-order valence-electron chi connectivity index (χ2n) is 7.25. The first-order valence-electron chi connectivity index (χ1n) is 8.38. The maximum Gasteiger partial charge on any atom is 0.337 e. The Hall–Kier alpha value is -1.95. The average molecular weight is 422 g/mol. The van der Waals surface area contributed by atoms with E-state index < -0.39 is 29.4 Å². The molecule has 1 aliphatic rings. The molecule has 6 heteroatoms. The molecule has 0 aromatic heterocycles. The van der Waals surface area contributed by atoms with Crippen LogP contribution >= 0.6 is 15.9 Å². The van der Waals surface area contributed by atoms with E-state index in [1.54, 1.807) is 13.8 Å². The van der Waals surface area contributed by atoms with Crippen molar-refractivity contribution in [2.24, 2.45) is 10.9 Å². The van der Waals surface area contributed by atoms with Gasteiger partial charge in [-0.2, -0.15) is 0 Å². The van der Waals surface area contributed by atoms with Crippen molar-refractivity contribution in [2.45, 2.75) is 46.1 Å². The summed E-state index contributed by atoms with van der Waals surface area (Å²) in [5.74, 6) is -2.13. The fourth-order valence-electron chi connectivity index (χ4n) is 3.13. The first-order valence-corrected chi connectivity index (χ1v) is 9.17. The van der Waals surface area contributed by atoms with E-state index in [1.807, 2.05) is 45.0 Å². The van der Waals surface area contributed by atoms with Gasteiger partial charge in [0.25, 0.3) is 0 Å². The Labute approximate surface area is 162 Å². The molecule has 0 aliphatic carbocycles. The lowest BCUT2D eigenvalue weighted by Crippen LogP contribution is -2.37. The standard InChI is InChI=1S/C20H24BrNO4/c1-11-15(18(23)25-6)17(13-9-7-8-10-14(13)21)16(12(2)22-11)19(24)26-20(3,4)5/h7-10,15,17H,1-6H3. The van der Waals surface area contributed by atoms with Crippen molar-refractivity contribution in [2.75, 3.05) is 7.11 Å². The Morgan fingerprint density at radius 2 is 1.77 bits per heavy atom. The maximum atomic E-state index is 13.0. The van der Waals surface area contributed by atoms with Crippen molar-refractivity contribution in [3.8, 4) is 0 Å². The van der Waals surface area contributed by atoms with Crippen LogP contribution in [0, 0.1) is 5.92 Å². The molecule has 0 saturated heterocycles. The van der Waals surface area contributed by atoms with Gasteiger partial charge in [0.05, 0.1) is 12.7 Å². The van der Waals surface area contributed by atoms with E-state index in [2.05, 4.69) is 20.9 Å². The summed E-state index contributed by atoms with van der Waals surface area (Å²) >= 11 is 3.54. The fourth-order valence-corrected chi connectivity index (χ4v) is 3.66. The molecule has 0 amide bonds. The zero-order chi connectivity index (χ0) is 19.6. The monoisotopic (exact) mass is 421 g/mol. The van der Waals surface area contributed by atoms with E-state index in [-0.39, 0.29) is 0 Å². The Balaban J connectivity index is 2.67. The van der Waals surface area contributed by atoms with E-state index in [1.165, 1.54) is 7.11 Å². The molecule has 0 bridgehead atoms. The number of rotatable bonds is 3. The molecule has 2 atom stereocenters. The van der Waals surface area contributed by atoms with Crippen LogP contribution in [0.1, 0.15) is 46.1 Å². The quantitative estimate of drug-likeness (QED) is 0.677. The molecule has 0 saturated carbocycles. The van der Waals surface area contributed by atoms with Gasteiger partial charge in [-0.15, -0.1) is 0 Å². The second kappa shape index (κ2) is 7.74. The number of hydrogen-bond donors (Lipinski definition) is 0. The van der Waals surface area contributed by atoms with Crippen molar-refractivity contribution in [1.29, 1.82) is 0 Å². The molecule has 2 unspecified atom stereocenters. The molecular weight excluding hydrogens is 398 g/mol. The third-order valence-corrected chi connectivity index (χ3v) is 4.86. The summed E-state index contributed by atoms with van der Waals surface area (Å²) in [6, 6.07) is 7.53. The molecule has 1 aromatic carbocycles. The summed E-state index contributed by atoms with van der Waals surface area (Å²) in [7, 11) is 1.34. The van der Waals surface area contributed by atoms with Gasteiger partial charge >= 0.3 is 11.9 Å². The Kier molecular flexibility index (Phi) is 6.06. The third-order valence-electron chi connectivity index (χ3n) is 4.14. The van der Waals surface area contributed by atoms with Gasteiger partial charge in [0.2, 0.25) is 0 Å². The zero-order valence-corrected chi connectivity index (χ0v) is 17.5. The van der Waals surface area contributed by atoms with Gasteiger partial charge in [0.1, 0.15) is 11.5 Å². The smallest absolute Gasteiger partial charge is 0.337 e. The molecule has 0 fully saturated rings. The summed E-state index contributed by atoms with van der Waals surface area (Å²) < 4.78 is 11.4. The fraction of sp³-hybridized carbons (Fsp3) is 0.450. The van der Waals surface area contributed by atoms with Crippen molar-refractivity contribution >= 4 is 33.6 Å². The van der Waals surface area contributed by atoms with Gasteiger partial charge in [0, 0.05) is 21.8 Å². The lowest BCUT2D eigenvalue weighted by atomic mass is 9.75. The Morgan fingerprint density at radius 3 is 2.31 bits per heavy atom. The first-order chi connectivity index (χ1) is 12.1. The van der Waals surface area contributed by atoms with Crippen molar-refractivity contribution in [3.05, 3.63) is 45.6 Å². The van der Waals surface area contributed by atoms with Crippen LogP contribution in [-0.4, -0.2) is 30.4 Å². The number of carbonyl (C=O) groups excluding carboxylic acids is 2. The number of halogens is 1. The largest absolute Gasteiger partial charge is 0.468 e. The summed E-state index contributed by atoms with van der Waals surface area (Å²) in [5, 5.41) is 0. The van der Waals surface area contributed by atoms with Crippen molar-refractivity contribution in [3.63, 3.8) is 0 Å². The molecule has 2 rings (SSSR count). The van der Waals surface area contributed by atoms with Crippen LogP contribution in [-0.2, 0) is 19.1 Å². The van der Waals surface area contributed by atoms with Crippen LogP contribution in [0.15, 0.2) is 45.0 Å². The first kappa shape index (κ1) is 20.4. The minimum Gasteiger partial charge on any atom is -0.468 e. The highest BCUT2D eigenvalue weighted by Gasteiger charge is 2.43. The van der Waals surface area contributed by atoms with E-state index in [0.717, 1.165) is 10.0 Å². The molecule has 1 heterocycles. The van der Waals surface area contributed by atoms with Gasteiger partial charge in [0.15, 0.2) is 0 Å². The molecule has 1 aliphatic heterocycles. The number of hydrogen-bond acceptors (Lipinski definition) is 5. The molecule has 0 N–H and O–H groups in total. The summed E-state index contributed by atoms with van der Waals surface area (Å²) in [6.45, 7) is 8.97. The SMILES string of the molecule is COC(=O)C1C(C)=NC(C)=C(C(=O)OC(C)(C)C)C1c1ccccc1Br.